The van der Waals surface area contributed by atoms with Gasteiger partial charge in [0.15, 0.2) is 0 Å². The molecule has 0 unspecified atom stereocenters. The molecule has 1 heterocycles. The molecule has 7 heteroatoms. The molecule has 3 rings (SSSR count). The van der Waals surface area contributed by atoms with Crippen molar-refractivity contribution < 1.29 is 18.0 Å². The van der Waals surface area contributed by atoms with Gasteiger partial charge >= 0.3 is 12.2 Å². The number of urea groups is 1. The summed E-state index contributed by atoms with van der Waals surface area (Å²) in [5.41, 5.74) is 1.38. The van der Waals surface area contributed by atoms with E-state index < -0.39 is 17.8 Å². The zero-order valence-electron chi connectivity index (χ0n) is 13.2. The fourth-order valence-corrected chi connectivity index (χ4v) is 2.60. The van der Waals surface area contributed by atoms with E-state index in [9.17, 15) is 18.0 Å². The number of aromatic nitrogens is 1. The van der Waals surface area contributed by atoms with Gasteiger partial charge in [-0.2, -0.15) is 13.2 Å². The topological polar surface area (TPSA) is 56.9 Å². The number of fused-ring (bicyclic) bond motifs is 1. The first kappa shape index (κ1) is 16.9. The number of anilines is 1. The van der Waals surface area contributed by atoms with E-state index in [1.165, 1.54) is 12.1 Å². The summed E-state index contributed by atoms with van der Waals surface area (Å²) in [5, 5.41) is 6.15. The number of hydrogen-bond donors (Lipinski definition) is 3. The fourth-order valence-electron chi connectivity index (χ4n) is 2.60. The van der Waals surface area contributed by atoms with Crippen LogP contribution < -0.4 is 10.6 Å². The van der Waals surface area contributed by atoms with E-state index in [0.717, 1.165) is 28.6 Å². The Labute approximate surface area is 142 Å². The Kier molecular flexibility index (Phi) is 4.65. The minimum Gasteiger partial charge on any atom is -0.361 e. The Morgan fingerprint density at radius 1 is 1.08 bits per heavy atom. The minimum absolute atomic E-state index is 0.0967. The molecule has 3 N–H and O–H groups in total. The van der Waals surface area contributed by atoms with Crippen LogP contribution in [-0.2, 0) is 12.6 Å². The molecule has 0 aliphatic heterocycles. The Hall–Kier alpha value is -2.96. The molecule has 2 amide bonds. The average Bonchev–Trinajstić information content (AvgIpc) is 2.98. The number of amides is 2. The molecule has 2 aromatic carbocycles. The predicted molar refractivity (Wildman–Crippen MR) is 90.5 cm³/mol. The number of rotatable bonds is 4. The molecule has 0 aliphatic rings. The van der Waals surface area contributed by atoms with Crippen molar-refractivity contribution >= 4 is 22.6 Å². The second-order valence-corrected chi connectivity index (χ2v) is 5.57. The number of alkyl halides is 3. The first-order valence-electron chi connectivity index (χ1n) is 7.70. The minimum atomic E-state index is -4.44. The Bertz CT molecular complexity index is 886. The van der Waals surface area contributed by atoms with E-state index in [-0.39, 0.29) is 5.69 Å². The quantitative estimate of drug-likeness (QED) is 0.637. The molecule has 0 radical (unpaired) electrons. The Morgan fingerprint density at radius 3 is 2.68 bits per heavy atom. The number of carbonyl (C=O) groups excluding carboxylic acids is 1. The molecule has 0 spiro atoms. The monoisotopic (exact) mass is 347 g/mol. The van der Waals surface area contributed by atoms with Crippen LogP contribution in [-0.4, -0.2) is 17.6 Å². The van der Waals surface area contributed by atoms with Crippen molar-refractivity contribution in [1.82, 2.24) is 10.3 Å². The molecule has 0 saturated heterocycles. The second kappa shape index (κ2) is 6.88. The van der Waals surface area contributed by atoms with Crippen LogP contribution in [0.1, 0.15) is 11.1 Å². The number of nitrogens with one attached hydrogen (secondary N) is 3. The molecule has 1 aromatic heterocycles. The maximum Gasteiger partial charge on any atom is 0.416 e. The maximum absolute atomic E-state index is 12.7. The van der Waals surface area contributed by atoms with Crippen molar-refractivity contribution in [1.29, 1.82) is 0 Å². The van der Waals surface area contributed by atoms with E-state index in [1.54, 1.807) is 0 Å². The van der Waals surface area contributed by atoms with Crippen LogP contribution in [0.15, 0.2) is 54.7 Å². The highest BCUT2D eigenvalue weighted by molar-refractivity contribution is 5.89. The van der Waals surface area contributed by atoms with Crippen LogP contribution in [0.25, 0.3) is 10.9 Å². The third-order valence-corrected chi connectivity index (χ3v) is 3.80. The molecule has 4 nitrogen and oxygen atoms in total. The summed E-state index contributed by atoms with van der Waals surface area (Å²) < 4.78 is 38.0. The lowest BCUT2D eigenvalue weighted by Gasteiger charge is -2.10. The standard InChI is InChI=1S/C18H16F3N3O/c19-18(20,21)13-4-3-5-14(10-13)24-17(25)22-9-8-12-11-23-16-7-2-1-6-15(12)16/h1-7,10-11,23H,8-9H2,(H2,22,24,25). The van der Waals surface area contributed by atoms with Crippen LogP contribution in [0.3, 0.4) is 0 Å². The molecular weight excluding hydrogens is 331 g/mol. The van der Waals surface area contributed by atoms with Gasteiger partial charge < -0.3 is 15.6 Å². The summed E-state index contributed by atoms with van der Waals surface area (Å²) in [5.74, 6) is 0. The lowest BCUT2D eigenvalue weighted by atomic mass is 10.1. The molecule has 25 heavy (non-hydrogen) atoms. The number of benzene rings is 2. The largest absolute Gasteiger partial charge is 0.416 e. The maximum atomic E-state index is 12.7. The average molecular weight is 347 g/mol. The molecule has 0 fully saturated rings. The normalized spacial score (nSPS) is 11.5. The van der Waals surface area contributed by atoms with Gasteiger partial charge in [-0.1, -0.05) is 24.3 Å². The van der Waals surface area contributed by atoms with Crippen molar-refractivity contribution in [3.8, 4) is 0 Å². The Balaban J connectivity index is 1.55. The third kappa shape index (κ3) is 4.12. The van der Waals surface area contributed by atoms with E-state index in [4.69, 9.17) is 0 Å². The number of hydrogen-bond acceptors (Lipinski definition) is 1. The summed E-state index contributed by atoms with van der Waals surface area (Å²) >= 11 is 0. The molecule has 130 valence electrons. The Morgan fingerprint density at radius 2 is 1.88 bits per heavy atom. The predicted octanol–water partition coefficient (Wildman–Crippen LogP) is 4.55. The molecular formula is C18H16F3N3O. The van der Waals surface area contributed by atoms with Crippen LogP contribution in [0.4, 0.5) is 23.7 Å². The van der Waals surface area contributed by atoms with E-state index in [0.29, 0.717) is 13.0 Å². The van der Waals surface area contributed by atoms with Gasteiger partial charge in [-0.25, -0.2) is 4.79 Å². The van der Waals surface area contributed by atoms with Crippen molar-refractivity contribution in [3.05, 3.63) is 65.9 Å². The number of H-pyrrole nitrogens is 1. The fraction of sp³-hybridized carbons (Fsp3) is 0.167. The summed E-state index contributed by atoms with van der Waals surface area (Å²) in [6.07, 6.45) is -1.94. The highest BCUT2D eigenvalue weighted by Crippen LogP contribution is 2.30. The summed E-state index contributed by atoms with van der Waals surface area (Å²) in [7, 11) is 0. The molecule has 3 aromatic rings. The highest BCUT2D eigenvalue weighted by atomic mass is 19.4. The molecule has 0 atom stereocenters. The van der Waals surface area contributed by atoms with Crippen LogP contribution >= 0.6 is 0 Å². The van der Waals surface area contributed by atoms with Gasteiger partial charge in [0.05, 0.1) is 5.56 Å². The molecule has 0 aliphatic carbocycles. The van der Waals surface area contributed by atoms with Gasteiger partial charge in [0.25, 0.3) is 0 Å². The van der Waals surface area contributed by atoms with Crippen molar-refractivity contribution in [2.24, 2.45) is 0 Å². The lowest BCUT2D eigenvalue weighted by Crippen LogP contribution is -2.30. The summed E-state index contributed by atoms with van der Waals surface area (Å²) in [6, 6.07) is 11.8. The van der Waals surface area contributed by atoms with Gasteiger partial charge in [-0.05, 0) is 36.2 Å². The lowest BCUT2D eigenvalue weighted by molar-refractivity contribution is -0.137. The van der Waals surface area contributed by atoms with Crippen molar-refractivity contribution in [2.45, 2.75) is 12.6 Å². The zero-order valence-corrected chi connectivity index (χ0v) is 13.2. The van der Waals surface area contributed by atoms with Gasteiger partial charge in [0.1, 0.15) is 0 Å². The number of carbonyl (C=O) groups is 1. The SMILES string of the molecule is O=C(NCCc1c[nH]c2ccccc12)Nc1cccc(C(F)(F)F)c1. The first-order valence-corrected chi connectivity index (χ1v) is 7.70. The number of halogens is 3. The van der Waals surface area contributed by atoms with E-state index in [2.05, 4.69) is 15.6 Å². The molecule has 0 bridgehead atoms. The summed E-state index contributed by atoms with van der Waals surface area (Å²) in [4.78, 5) is 15.0. The summed E-state index contributed by atoms with van der Waals surface area (Å²) in [6.45, 7) is 0.368. The number of aromatic amines is 1. The second-order valence-electron chi connectivity index (χ2n) is 5.57. The zero-order chi connectivity index (χ0) is 17.9. The third-order valence-electron chi connectivity index (χ3n) is 3.80. The van der Waals surface area contributed by atoms with Crippen molar-refractivity contribution in [3.63, 3.8) is 0 Å². The first-order chi connectivity index (χ1) is 11.9. The van der Waals surface area contributed by atoms with Crippen LogP contribution in [0.5, 0.6) is 0 Å². The van der Waals surface area contributed by atoms with Gasteiger partial charge in [-0.15, -0.1) is 0 Å². The van der Waals surface area contributed by atoms with Crippen molar-refractivity contribution in [2.75, 3.05) is 11.9 Å². The van der Waals surface area contributed by atoms with E-state index >= 15 is 0 Å². The smallest absolute Gasteiger partial charge is 0.361 e. The molecule has 0 saturated carbocycles. The highest BCUT2D eigenvalue weighted by Gasteiger charge is 2.30. The van der Waals surface area contributed by atoms with Gasteiger partial charge in [-0.3, -0.25) is 0 Å². The van der Waals surface area contributed by atoms with E-state index in [1.807, 2.05) is 30.5 Å². The van der Waals surface area contributed by atoms with Gasteiger partial charge in [0, 0.05) is 29.3 Å². The number of para-hydroxylation sites is 1. The van der Waals surface area contributed by atoms with Crippen LogP contribution in [0.2, 0.25) is 0 Å². The van der Waals surface area contributed by atoms with Crippen LogP contribution in [0, 0.1) is 0 Å². The van der Waals surface area contributed by atoms with Gasteiger partial charge in [0.2, 0.25) is 0 Å².